The van der Waals surface area contributed by atoms with Gasteiger partial charge in [0.2, 0.25) is 23.6 Å². The predicted octanol–water partition coefficient (Wildman–Crippen LogP) is 3.76. The Hall–Kier alpha value is -4.73. The molecule has 2 aromatic carbocycles. The fourth-order valence-corrected chi connectivity index (χ4v) is 10.0. The number of nitrogens with zero attached hydrogens (tertiary/aromatic N) is 3. The van der Waals surface area contributed by atoms with Gasteiger partial charge in [-0.05, 0) is 73.1 Å². The van der Waals surface area contributed by atoms with Crippen LogP contribution in [-0.4, -0.2) is 133 Å². The Bertz CT molecular complexity index is 1800. The lowest BCUT2D eigenvalue weighted by molar-refractivity contribution is -0.146. The number of amides is 5. The molecule has 1 unspecified atom stereocenters. The summed E-state index contributed by atoms with van der Waals surface area (Å²) in [6.07, 6.45) is 2.23. The fourth-order valence-electron chi connectivity index (χ4n) is 10.0. The molecular weight excluding hydrogens is 781 g/mol. The Labute approximate surface area is 361 Å². The van der Waals surface area contributed by atoms with Gasteiger partial charge in [0.15, 0.2) is 0 Å². The van der Waals surface area contributed by atoms with Gasteiger partial charge in [-0.3, -0.25) is 24.1 Å². The highest BCUT2D eigenvalue weighted by Gasteiger charge is 2.56. The molecule has 0 aromatic heterocycles. The minimum Gasteiger partial charge on any atom is -0.445 e. The first-order chi connectivity index (χ1) is 29.2. The van der Waals surface area contributed by atoms with Gasteiger partial charge in [0.25, 0.3) is 0 Å². The molecule has 2 heterocycles. The molecule has 336 valence electrons. The monoisotopic (exact) mass is 849 g/mol. The number of anilines is 1. The second-order valence-electron chi connectivity index (χ2n) is 17.3. The summed E-state index contributed by atoms with van der Waals surface area (Å²) in [5.41, 5.74) is 8.27. The molecule has 2 saturated heterocycles. The Morgan fingerprint density at radius 1 is 0.984 bits per heavy atom. The zero-order chi connectivity index (χ0) is 44.4. The predicted molar refractivity (Wildman–Crippen MR) is 231 cm³/mol. The first-order valence-electron chi connectivity index (χ1n) is 21.9. The van der Waals surface area contributed by atoms with Crippen LogP contribution in [0.1, 0.15) is 77.3 Å². The summed E-state index contributed by atoms with van der Waals surface area (Å²) < 4.78 is 17.6. The van der Waals surface area contributed by atoms with E-state index in [9.17, 15) is 29.1 Å². The molecule has 1 aliphatic carbocycles. The Morgan fingerprint density at radius 2 is 1.70 bits per heavy atom. The van der Waals surface area contributed by atoms with E-state index in [-0.39, 0.29) is 79.6 Å². The van der Waals surface area contributed by atoms with Crippen molar-refractivity contribution in [3.8, 4) is 0 Å². The highest BCUT2D eigenvalue weighted by molar-refractivity contribution is 5.90. The quantitative estimate of drug-likeness (QED) is 0.143. The number of methoxy groups -OCH3 is 2. The molecule has 15 nitrogen and oxygen atoms in total. The second-order valence-corrected chi connectivity index (χ2v) is 17.3. The molecule has 11 atom stereocenters. The van der Waals surface area contributed by atoms with E-state index in [0.29, 0.717) is 31.5 Å². The third-order valence-electron chi connectivity index (χ3n) is 13.5. The van der Waals surface area contributed by atoms with E-state index in [0.717, 1.165) is 30.4 Å². The maximum atomic E-state index is 14.2. The number of rotatable bonds is 20. The molecule has 0 spiro atoms. The lowest BCUT2D eigenvalue weighted by Crippen LogP contribution is -2.56. The number of likely N-dealkylation sites (N-methyl/N-ethyl adjacent to an activating group) is 1. The highest BCUT2D eigenvalue weighted by Crippen LogP contribution is 2.47. The molecule has 5 N–H and O–H groups in total. The minimum absolute atomic E-state index is 0.0150. The van der Waals surface area contributed by atoms with Crippen LogP contribution in [0.4, 0.5) is 10.5 Å². The van der Waals surface area contributed by atoms with Crippen LogP contribution in [0.2, 0.25) is 0 Å². The van der Waals surface area contributed by atoms with Crippen LogP contribution in [0.25, 0.3) is 0 Å². The highest BCUT2D eigenvalue weighted by atomic mass is 16.6. The molecule has 5 rings (SSSR count). The molecule has 2 aliphatic heterocycles. The van der Waals surface area contributed by atoms with E-state index in [4.69, 9.17) is 19.9 Å². The number of aliphatic hydroxyl groups is 1. The zero-order valence-electron chi connectivity index (χ0n) is 37.0. The summed E-state index contributed by atoms with van der Waals surface area (Å²) in [7, 11) is 4.73. The number of carbonyl (C=O) groups is 5. The summed E-state index contributed by atoms with van der Waals surface area (Å²) in [4.78, 5) is 73.8. The number of ether oxygens (including phenoxy) is 3. The van der Waals surface area contributed by atoms with Gasteiger partial charge >= 0.3 is 6.09 Å². The van der Waals surface area contributed by atoms with Gasteiger partial charge in [-0.2, -0.15) is 0 Å². The number of fused-ring (bicyclic) bond motifs is 2. The van der Waals surface area contributed by atoms with E-state index < -0.39 is 42.3 Å². The van der Waals surface area contributed by atoms with Crippen LogP contribution in [0.5, 0.6) is 0 Å². The standard InChI is InChI=1S/C46H68N6O9/c1-8-28(2)41(50(5)40(55)25-48-45(57)42-35-19-20-36(29(35)3)52(42)46(58)61-27-31-14-10-9-11-15-31)38(59-6)24-39(54)51-21-13-18-37(51)43(60-7)30(4)44(56)49-34(26-53)23-32-16-12-17-33(47)22-32/h9-12,14-17,22,28-30,34-38,41-43,53H,8,13,18-21,23-27,47H2,1-7H3,(H,48,57)(H,49,56)/t28-,29-,30+,34-,35-,36-,37-,38+,41?,42-,43+/m0/s1. The van der Waals surface area contributed by atoms with Gasteiger partial charge in [0.1, 0.15) is 12.6 Å². The number of nitrogen functional groups attached to an aromatic ring is 1. The van der Waals surface area contributed by atoms with E-state index in [1.54, 1.807) is 34.7 Å². The van der Waals surface area contributed by atoms with Crippen LogP contribution in [-0.2, 0) is 46.4 Å². The van der Waals surface area contributed by atoms with Gasteiger partial charge in [0, 0.05) is 39.5 Å². The molecule has 1 saturated carbocycles. The number of aliphatic hydroxyl groups excluding tert-OH is 1. The molecule has 61 heavy (non-hydrogen) atoms. The molecule has 3 aliphatic rings. The van der Waals surface area contributed by atoms with Crippen molar-refractivity contribution in [2.45, 2.75) is 122 Å². The number of likely N-dealkylation sites (tertiary alicyclic amines) is 2. The fraction of sp³-hybridized carbons (Fsp3) is 0.630. The molecule has 15 heteroatoms. The van der Waals surface area contributed by atoms with Crippen molar-refractivity contribution in [1.29, 1.82) is 0 Å². The average Bonchev–Trinajstić information content (AvgIpc) is 3.97. The summed E-state index contributed by atoms with van der Waals surface area (Å²) in [6, 6.07) is 14.4. The maximum absolute atomic E-state index is 14.2. The molecule has 2 aromatic rings. The number of hydrogen-bond donors (Lipinski definition) is 4. The Morgan fingerprint density at radius 3 is 2.36 bits per heavy atom. The van der Waals surface area contributed by atoms with Crippen LogP contribution < -0.4 is 16.4 Å². The molecule has 2 bridgehead atoms. The normalized spacial score (nSPS) is 23.7. The van der Waals surface area contributed by atoms with E-state index in [1.165, 1.54) is 14.2 Å². The van der Waals surface area contributed by atoms with Crippen LogP contribution in [0.3, 0.4) is 0 Å². The Kier molecular flexibility index (Phi) is 17.0. The van der Waals surface area contributed by atoms with E-state index in [1.807, 2.05) is 62.4 Å². The lowest BCUT2D eigenvalue weighted by atomic mass is 9.90. The summed E-state index contributed by atoms with van der Waals surface area (Å²) in [6.45, 7) is 7.87. The third-order valence-corrected chi connectivity index (χ3v) is 13.5. The summed E-state index contributed by atoms with van der Waals surface area (Å²) >= 11 is 0. The van der Waals surface area contributed by atoms with Crippen molar-refractivity contribution in [3.05, 3.63) is 65.7 Å². The molecule has 0 radical (unpaired) electrons. The number of nitrogens with two attached hydrogens (primary N) is 1. The number of carbonyl (C=O) groups excluding carboxylic acids is 5. The van der Waals surface area contributed by atoms with Gasteiger partial charge in [-0.1, -0.05) is 76.6 Å². The number of benzene rings is 2. The number of nitrogens with one attached hydrogen (secondary N) is 2. The topological polar surface area (TPSA) is 193 Å². The van der Waals surface area contributed by atoms with Crippen molar-refractivity contribution in [2.24, 2.45) is 23.7 Å². The number of piperidine rings is 1. The van der Waals surface area contributed by atoms with Gasteiger partial charge in [-0.25, -0.2) is 4.79 Å². The van der Waals surface area contributed by atoms with Crippen molar-refractivity contribution in [2.75, 3.05) is 46.7 Å². The first-order valence-corrected chi connectivity index (χ1v) is 21.9. The Balaban J connectivity index is 1.20. The third kappa shape index (κ3) is 11.2. The number of hydrogen-bond acceptors (Lipinski definition) is 10. The van der Waals surface area contributed by atoms with Gasteiger partial charge in [-0.15, -0.1) is 0 Å². The van der Waals surface area contributed by atoms with Gasteiger partial charge < -0.3 is 45.5 Å². The SMILES string of the molecule is CC[C@H](C)C([C@@H](CC(=O)N1CCC[C@H]1[C@H](OC)[C@@H](C)C(=O)N[C@H](CO)Cc1cccc(N)c1)OC)N(C)C(=O)CNC(=O)[C@@H]1[C@H]2CC[C@@H]([C@H]2C)N1C(=O)OCc1ccccc1. The van der Waals surface area contributed by atoms with Gasteiger partial charge in [0.05, 0.1) is 55.8 Å². The lowest BCUT2D eigenvalue weighted by Gasteiger charge is -2.39. The van der Waals surface area contributed by atoms with E-state index in [2.05, 4.69) is 17.6 Å². The minimum atomic E-state index is -0.742. The molecular formula is C46H68N6O9. The second kappa shape index (κ2) is 21.9. The summed E-state index contributed by atoms with van der Waals surface area (Å²) in [5, 5.41) is 15.9. The van der Waals surface area contributed by atoms with Crippen LogP contribution in [0, 0.1) is 23.7 Å². The summed E-state index contributed by atoms with van der Waals surface area (Å²) in [5.74, 6) is -1.84. The largest absolute Gasteiger partial charge is 0.445 e. The van der Waals surface area contributed by atoms with Crippen molar-refractivity contribution in [1.82, 2.24) is 25.3 Å². The van der Waals surface area contributed by atoms with Crippen LogP contribution in [0.15, 0.2) is 54.6 Å². The van der Waals surface area contributed by atoms with Crippen molar-refractivity contribution < 1.29 is 43.3 Å². The molecule has 3 fully saturated rings. The van der Waals surface area contributed by atoms with Crippen molar-refractivity contribution in [3.63, 3.8) is 0 Å². The smallest absolute Gasteiger partial charge is 0.411 e. The zero-order valence-corrected chi connectivity index (χ0v) is 37.0. The first kappa shape index (κ1) is 47.3. The average molecular weight is 849 g/mol. The van der Waals surface area contributed by atoms with Crippen LogP contribution >= 0.6 is 0 Å². The maximum Gasteiger partial charge on any atom is 0.411 e. The van der Waals surface area contributed by atoms with Crippen molar-refractivity contribution >= 4 is 35.4 Å². The molecule has 5 amide bonds. The van der Waals surface area contributed by atoms with E-state index >= 15 is 0 Å².